The van der Waals surface area contributed by atoms with Crippen molar-refractivity contribution in [2.45, 2.75) is 146 Å². The predicted octanol–water partition coefficient (Wildman–Crippen LogP) is -1.03. The molecule has 3 fully saturated rings. The summed E-state index contributed by atoms with van der Waals surface area (Å²) in [5, 5.41) is 91.4. The van der Waals surface area contributed by atoms with Crippen LogP contribution in [0.4, 0.5) is 0 Å². The number of amides is 8. The minimum atomic E-state index is -2.16. The molecule has 3 aliphatic rings. The second kappa shape index (κ2) is 29.3. The molecule has 26 nitrogen and oxygen atoms in total. The van der Waals surface area contributed by atoms with E-state index in [-0.39, 0.29) is 35.8 Å². The highest BCUT2D eigenvalue weighted by molar-refractivity contribution is 7.18. The predicted molar refractivity (Wildman–Crippen MR) is 306 cm³/mol. The Bertz CT molecular complexity index is 3020. The third-order valence-electron chi connectivity index (χ3n) is 15.0. The van der Waals surface area contributed by atoms with Crippen molar-refractivity contribution >= 4 is 58.6 Å². The normalized spacial score (nSPS) is 25.7. The van der Waals surface area contributed by atoms with Crippen molar-refractivity contribution in [1.82, 2.24) is 41.4 Å². The minimum Gasteiger partial charge on any atom is -0.504 e. The Morgan fingerprint density at radius 2 is 1.45 bits per heavy atom. The molecule has 27 heteroatoms. The Hall–Kier alpha value is -7.79. The summed E-state index contributed by atoms with van der Waals surface area (Å²) in [7, 11) is 0. The highest BCUT2D eigenvalue weighted by atomic mass is 32.1. The fourth-order valence-corrected chi connectivity index (χ4v) is 11.3. The Labute approximate surface area is 494 Å². The van der Waals surface area contributed by atoms with Crippen LogP contribution in [0, 0.1) is 5.92 Å². The van der Waals surface area contributed by atoms with Crippen LogP contribution < -0.4 is 41.8 Å². The van der Waals surface area contributed by atoms with Crippen molar-refractivity contribution in [3.05, 3.63) is 84.1 Å². The third-order valence-corrected chi connectivity index (χ3v) is 16.1. The van der Waals surface area contributed by atoms with Gasteiger partial charge < -0.3 is 87.3 Å². The second-order valence-electron chi connectivity index (χ2n) is 21.6. The number of nitrogens with one attached hydrogen (secondary N) is 5. The van der Waals surface area contributed by atoms with Gasteiger partial charge >= 0.3 is 0 Å². The molecule has 460 valence electrons. The largest absolute Gasteiger partial charge is 0.504 e. The summed E-state index contributed by atoms with van der Waals surface area (Å²) in [6, 6.07) is 6.49. The Kier molecular flexibility index (Phi) is 22.4. The van der Waals surface area contributed by atoms with E-state index in [4.69, 9.17) is 15.2 Å². The second-order valence-corrected chi connectivity index (χ2v) is 22.6. The van der Waals surface area contributed by atoms with Crippen molar-refractivity contribution in [3.63, 3.8) is 0 Å². The molecule has 3 aromatic carbocycles. The number of nitrogens with two attached hydrogens (primary N) is 1. The summed E-state index contributed by atoms with van der Waals surface area (Å²) in [5.41, 5.74) is 7.29. The maximum absolute atomic E-state index is 14.7. The van der Waals surface area contributed by atoms with Crippen LogP contribution in [0.5, 0.6) is 17.2 Å². The van der Waals surface area contributed by atoms with E-state index in [0.29, 0.717) is 12.2 Å². The lowest BCUT2D eigenvalue weighted by molar-refractivity contribution is -0.147. The molecule has 4 heterocycles. The number of phenolic OH excluding ortho intramolecular Hbond substituents is 1. The highest BCUT2D eigenvalue weighted by Crippen LogP contribution is 2.34. The van der Waals surface area contributed by atoms with Gasteiger partial charge in [-0.2, -0.15) is 0 Å². The number of carbonyl (C=O) groups is 8. The summed E-state index contributed by atoms with van der Waals surface area (Å²) < 4.78 is 11.3. The number of benzene rings is 3. The van der Waals surface area contributed by atoms with Gasteiger partial charge in [-0.1, -0.05) is 44.9 Å². The van der Waals surface area contributed by atoms with E-state index in [1.807, 2.05) is 24.3 Å². The first-order valence-electron chi connectivity index (χ1n) is 28.2. The summed E-state index contributed by atoms with van der Waals surface area (Å²) in [6.07, 6.45) is -8.27. The average molecular weight is 1200 g/mol. The van der Waals surface area contributed by atoms with Gasteiger partial charge in [0.2, 0.25) is 41.4 Å². The van der Waals surface area contributed by atoms with Gasteiger partial charge in [-0.25, -0.2) is 4.98 Å². The molecule has 1 aromatic heterocycles. The molecule has 0 spiro atoms. The molecule has 1 unspecified atom stereocenters. The molecule has 14 N–H and O–H groups in total. The lowest BCUT2D eigenvalue weighted by Gasteiger charge is -2.33. The smallest absolute Gasteiger partial charge is 0.251 e. The number of aliphatic hydroxyl groups is 6. The monoisotopic (exact) mass is 1200 g/mol. The maximum atomic E-state index is 14.7. The quantitative estimate of drug-likeness (QED) is 0.0530. The van der Waals surface area contributed by atoms with E-state index in [1.165, 1.54) is 48.6 Å². The molecule has 7 rings (SSSR count). The fraction of sp³-hybridized carbons (Fsp3) is 0.500. The Balaban J connectivity index is 1.19. The van der Waals surface area contributed by atoms with E-state index in [0.717, 1.165) is 57.2 Å². The SMILES string of the molecule is CCCCCOc1ccc(-c2ncc(-c3ccc(C(=O)NC4C[C@@H](O)CNC(=O)[C@@H]5[C@@H](O)[C@@H](C)CN5C(=O)[C@H]([C@H](O)CC(N)=O)NC(=O)[C@H]([C@H](O)Cc5ccc(O)c(OCC)c5)NC(=O)[C@@H]5C[C@@H](O)CN5C(=O)[C@H]([C@@H](C)O)NC4=O)cc3)s2)cc1. The van der Waals surface area contributed by atoms with Gasteiger partial charge in [-0.05, 0) is 79.9 Å². The van der Waals surface area contributed by atoms with E-state index >= 15 is 0 Å². The van der Waals surface area contributed by atoms with Crippen LogP contribution in [-0.2, 0) is 40.0 Å². The molecule has 8 amide bonds. The number of phenols is 1. The van der Waals surface area contributed by atoms with Gasteiger partial charge in [-0.3, -0.25) is 38.4 Å². The van der Waals surface area contributed by atoms with Gasteiger partial charge in [-0.15, -0.1) is 11.3 Å². The van der Waals surface area contributed by atoms with Crippen LogP contribution in [0.25, 0.3) is 21.0 Å². The van der Waals surface area contributed by atoms with Gasteiger partial charge in [0.25, 0.3) is 5.91 Å². The van der Waals surface area contributed by atoms with Crippen molar-refractivity contribution < 1.29 is 83.6 Å². The molecule has 0 bridgehead atoms. The summed E-state index contributed by atoms with van der Waals surface area (Å²) >= 11 is 1.41. The van der Waals surface area contributed by atoms with Crippen LogP contribution in [-0.4, -0.2) is 204 Å². The van der Waals surface area contributed by atoms with Crippen molar-refractivity contribution in [2.75, 3.05) is 32.8 Å². The van der Waals surface area contributed by atoms with Crippen molar-refractivity contribution in [3.8, 4) is 38.3 Å². The zero-order valence-electron chi connectivity index (χ0n) is 47.5. The molecule has 4 aromatic rings. The average Bonchev–Trinajstić information content (AvgIpc) is 2.99. The molecule has 0 aliphatic carbocycles. The zero-order chi connectivity index (χ0) is 61.8. The van der Waals surface area contributed by atoms with Gasteiger partial charge in [0.1, 0.15) is 47.0 Å². The first-order chi connectivity index (χ1) is 40.5. The van der Waals surface area contributed by atoms with Crippen LogP contribution in [0.3, 0.4) is 0 Å². The number of primary amides is 1. The number of nitrogens with zero attached hydrogens (tertiary/aromatic N) is 3. The number of thiazole rings is 1. The summed E-state index contributed by atoms with van der Waals surface area (Å²) in [6.45, 7) is 5.53. The first kappa shape index (κ1) is 64.8. The number of hydrogen-bond donors (Lipinski definition) is 13. The van der Waals surface area contributed by atoms with Crippen molar-refractivity contribution in [2.24, 2.45) is 11.7 Å². The molecule has 0 radical (unpaired) electrons. The van der Waals surface area contributed by atoms with Crippen LogP contribution in [0.2, 0.25) is 0 Å². The fourth-order valence-electron chi connectivity index (χ4n) is 10.4. The molecule has 13 atom stereocenters. The number of fused-ring (bicyclic) bond motifs is 2. The van der Waals surface area contributed by atoms with Crippen molar-refractivity contribution in [1.29, 1.82) is 0 Å². The molecular formula is C58H75N9O17S. The van der Waals surface area contributed by atoms with Gasteiger partial charge in [0.05, 0.1) is 61.1 Å². The zero-order valence-corrected chi connectivity index (χ0v) is 48.3. The lowest BCUT2D eigenvalue weighted by Crippen LogP contribution is -2.64. The topological polar surface area (TPSA) is 402 Å². The molecule has 3 aliphatic heterocycles. The van der Waals surface area contributed by atoms with E-state index in [1.54, 1.807) is 25.3 Å². The Morgan fingerprint density at radius 3 is 2.12 bits per heavy atom. The first-order valence-corrected chi connectivity index (χ1v) is 29.0. The van der Waals surface area contributed by atoms with E-state index in [2.05, 4.69) is 38.5 Å². The van der Waals surface area contributed by atoms with E-state index < -0.39 is 165 Å². The maximum Gasteiger partial charge on any atom is 0.251 e. The number of hydrogen-bond acceptors (Lipinski definition) is 19. The van der Waals surface area contributed by atoms with Gasteiger partial charge in [0.15, 0.2) is 11.5 Å². The third kappa shape index (κ3) is 16.4. The number of aliphatic hydroxyl groups excluding tert-OH is 6. The number of β-amino-alcohol motifs (C(OH)–C–C–N with tert-alkyl or cyclic N) is 1. The van der Waals surface area contributed by atoms with E-state index in [9.17, 15) is 74.1 Å². The highest BCUT2D eigenvalue weighted by Gasteiger charge is 2.50. The summed E-state index contributed by atoms with van der Waals surface area (Å²) in [5.74, 6) is -9.42. The van der Waals surface area contributed by atoms with Crippen LogP contribution in [0.1, 0.15) is 82.1 Å². The molecule has 85 heavy (non-hydrogen) atoms. The lowest BCUT2D eigenvalue weighted by atomic mass is 9.98. The van der Waals surface area contributed by atoms with Gasteiger partial charge in [0, 0.05) is 62.1 Å². The number of ether oxygens (including phenoxy) is 2. The number of aromatic hydroxyl groups is 1. The number of carbonyl (C=O) groups excluding carboxylic acids is 8. The number of rotatable bonds is 18. The number of aromatic nitrogens is 1. The molecule has 0 saturated carbocycles. The Morgan fingerprint density at radius 1 is 0.776 bits per heavy atom. The summed E-state index contributed by atoms with van der Waals surface area (Å²) in [4.78, 5) is 120. The minimum absolute atomic E-state index is 0.0000202. The number of unbranched alkanes of at least 4 members (excludes halogenated alkanes) is 2. The van der Waals surface area contributed by atoms with Crippen LogP contribution in [0.15, 0.2) is 72.9 Å². The standard InChI is InChI=1S/C58H75N9O17S/c1-5-7-8-19-84-37-16-14-34(15-17-37)56-61-26-44(85-56)32-10-12-33(13-11-32)51(76)62-38-22-35(69)25-60-55(80)49-50(75)29(3)27-67(49)58(82)48(42(73)24-45(59)74)65-54(79)47(41(72)20-31-9-18-40(71)43(21-31)83-6-2)64-53(78)39-23-36(70)28-66(39)57(81)46(30(4)68)63-52(38)77/h9-18,21,26,29-30,35-36,38-39,41-42,46-50,68-73,75H,5-8,19-20,22-25,27-28H2,1-4H3,(H2,59,74)(H,60,80)(H,62,76)(H,63,77)(H,64,78)(H,65,79)/t29-,30+,35+,36+,38?,39-,41+,42+,46-,47-,48-,49-,50-/m0/s1. The molecule has 3 saturated heterocycles. The van der Waals surface area contributed by atoms with Crippen LogP contribution >= 0.6 is 11.3 Å². The molecular weight excluding hydrogens is 1130 g/mol.